The maximum atomic E-state index is 7.63. The van der Waals surface area contributed by atoms with Crippen LogP contribution in [0.2, 0.25) is 6.82 Å². The molecule has 0 bridgehead atoms. The van der Waals surface area contributed by atoms with Crippen LogP contribution in [0, 0.1) is 0 Å². The summed E-state index contributed by atoms with van der Waals surface area (Å²) in [7, 11) is 0. The van der Waals surface area contributed by atoms with Crippen LogP contribution in [0.3, 0.4) is 0 Å². The summed E-state index contributed by atoms with van der Waals surface area (Å²) in [5.41, 5.74) is 1.65. The highest BCUT2D eigenvalue weighted by atomic mass is 16.3. The molecular formula is C16H18BN3O. The molecule has 0 fully saturated rings. The van der Waals surface area contributed by atoms with Crippen LogP contribution < -0.4 is 10.6 Å². The predicted molar refractivity (Wildman–Crippen MR) is 86.1 cm³/mol. The number of benzene rings is 1. The van der Waals surface area contributed by atoms with Gasteiger partial charge in [0.15, 0.2) is 5.42 Å². The zero-order valence-electron chi connectivity index (χ0n) is 15.0. The first kappa shape index (κ1) is 9.61. The molecule has 0 aliphatic carbocycles. The van der Waals surface area contributed by atoms with Crippen molar-refractivity contribution in [1.29, 1.82) is 0 Å². The number of furan rings is 1. The van der Waals surface area contributed by atoms with Gasteiger partial charge >= 0.3 is 6.85 Å². The van der Waals surface area contributed by atoms with Gasteiger partial charge in [-0.25, -0.2) is 0 Å². The SMILES string of the molecule is [2H]C([2H])([2H])N1C=CN(N2C=c3oc4ccccc4c3=CB2C)[C@H]1C. The molecule has 1 aromatic heterocycles. The van der Waals surface area contributed by atoms with Gasteiger partial charge in [0, 0.05) is 34.1 Å². The first-order valence-electron chi connectivity index (χ1n) is 8.61. The maximum absolute atomic E-state index is 7.63. The van der Waals surface area contributed by atoms with Crippen LogP contribution in [-0.2, 0) is 0 Å². The van der Waals surface area contributed by atoms with Gasteiger partial charge in [-0.05, 0) is 13.0 Å². The van der Waals surface area contributed by atoms with Crippen LogP contribution in [0.25, 0.3) is 23.1 Å². The lowest BCUT2D eigenvalue weighted by Crippen LogP contribution is -2.52. The molecule has 2 aromatic rings. The first-order valence-corrected chi connectivity index (χ1v) is 7.11. The average Bonchev–Trinajstić information content (AvgIpc) is 3.06. The number of fused-ring (bicyclic) bond motifs is 3. The molecule has 0 unspecified atom stereocenters. The topological polar surface area (TPSA) is 22.9 Å². The minimum atomic E-state index is -2.15. The molecule has 0 N–H and O–H groups in total. The van der Waals surface area contributed by atoms with Crippen molar-refractivity contribution in [3.8, 4) is 0 Å². The summed E-state index contributed by atoms with van der Waals surface area (Å²) in [5.74, 6) is 2.15. The van der Waals surface area contributed by atoms with Gasteiger partial charge in [-0.2, -0.15) is 0 Å². The second-order valence-corrected chi connectivity index (χ2v) is 5.51. The van der Waals surface area contributed by atoms with E-state index in [0.29, 0.717) is 0 Å². The third-order valence-electron chi connectivity index (χ3n) is 4.17. The summed E-state index contributed by atoms with van der Waals surface area (Å²) in [5, 5.41) is 4.12. The van der Waals surface area contributed by atoms with Crippen LogP contribution in [0.4, 0.5) is 0 Å². The van der Waals surface area contributed by atoms with Gasteiger partial charge in [0.25, 0.3) is 0 Å². The summed E-state index contributed by atoms with van der Waals surface area (Å²) in [6.45, 7) is 1.89. The predicted octanol–water partition coefficient (Wildman–Crippen LogP) is 1.41. The minimum absolute atomic E-state index is 0.0853. The molecule has 2 aliphatic heterocycles. The molecule has 0 amide bonds. The van der Waals surface area contributed by atoms with Crippen molar-refractivity contribution in [3.05, 3.63) is 47.3 Å². The van der Waals surface area contributed by atoms with Crippen LogP contribution in [0.15, 0.2) is 41.1 Å². The summed E-state index contributed by atoms with van der Waals surface area (Å²) in [6, 6.07) is 7.97. The molecule has 0 spiro atoms. The van der Waals surface area contributed by atoms with Gasteiger partial charge in [-0.1, -0.05) is 31.0 Å². The molecule has 106 valence electrons. The number of hydrogen-bond donors (Lipinski definition) is 0. The molecule has 1 aromatic carbocycles. The molecule has 0 saturated heterocycles. The summed E-state index contributed by atoms with van der Waals surface area (Å²) < 4.78 is 28.8. The Labute approximate surface area is 128 Å². The van der Waals surface area contributed by atoms with E-state index in [9.17, 15) is 0 Å². The van der Waals surface area contributed by atoms with E-state index in [1.165, 1.54) is 4.90 Å². The quantitative estimate of drug-likeness (QED) is 0.738. The lowest BCUT2D eigenvalue weighted by atomic mass is 9.63. The standard InChI is InChI=1S/C16H18BN3O/c1-12-18(3)8-9-19(12)20-11-16-14(10-17(20)2)13-6-4-5-7-15(13)21-16/h4-12H,1-3H3/t12-/m0/s1/i3D3. The zero-order valence-corrected chi connectivity index (χ0v) is 12.0. The smallest absolute Gasteiger partial charge is 0.304 e. The van der Waals surface area contributed by atoms with Crippen LogP contribution >= 0.6 is 0 Å². The van der Waals surface area contributed by atoms with Gasteiger partial charge in [-0.15, -0.1) is 0 Å². The van der Waals surface area contributed by atoms with E-state index in [4.69, 9.17) is 8.53 Å². The Balaban J connectivity index is 1.75. The van der Waals surface area contributed by atoms with Crippen molar-refractivity contribution in [1.82, 2.24) is 14.8 Å². The second kappa shape index (κ2) is 4.35. The van der Waals surface area contributed by atoms with E-state index in [0.717, 1.165) is 21.6 Å². The Morgan fingerprint density at radius 3 is 2.95 bits per heavy atom. The monoisotopic (exact) mass is 282 g/mol. The average molecular weight is 282 g/mol. The minimum Gasteiger partial charge on any atom is -0.455 e. The molecule has 0 saturated carbocycles. The molecule has 1 atom stereocenters. The van der Waals surface area contributed by atoms with Gasteiger partial charge < -0.3 is 14.2 Å². The van der Waals surface area contributed by atoms with E-state index in [-0.39, 0.29) is 13.0 Å². The van der Waals surface area contributed by atoms with Crippen LogP contribution in [0.1, 0.15) is 11.0 Å². The lowest BCUT2D eigenvalue weighted by Gasteiger charge is -2.39. The molecular weight excluding hydrogens is 261 g/mol. The van der Waals surface area contributed by atoms with Crippen molar-refractivity contribution in [2.45, 2.75) is 19.9 Å². The highest BCUT2D eigenvalue weighted by Gasteiger charge is 2.29. The summed E-state index contributed by atoms with van der Waals surface area (Å²) in [4.78, 5) is 3.39. The van der Waals surface area contributed by atoms with E-state index in [1.54, 1.807) is 12.4 Å². The molecule has 2 aliphatic rings. The van der Waals surface area contributed by atoms with E-state index >= 15 is 0 Å². The number of rotatable bonds is 1. The number of hydrazine groups is 1. The van der Waals surface area contributed by atoms with Crippen molar-refractivity contribution < 1.29 is 8.53 Å². The number of para-hydroxylation sites is 1. The van der Waals surface area contributed by atoms with Crippen LogP contribution in [-0.4, -0.2) is 34.8 Å². The van der Waals surface area contributed by atoms with Crippen molar-refractivity contribution >= 4 is 30.0 Å². The van der Waals surface area contributed by atoms with E-state index in [1.807, 2.05) is 41.3 Å². The first-order chi connectivity index (χ1) is 11.4. The Kier molecular flexibility index (Phi) is 1.99. The highest BCUT2D eigenvalue weighted by molar-refractivity contribution is 6.70. The Morgan fingerprint density at radius 1 is 1.29 bits per heavy atom. The highest BCUT2D eigenvalue weighted by Crippen LogP contribution is 2.19. The lowest BCUT2D eigenvalue weighted by molar-refractivity contribution is 0.0849. The van der Waals surface area contributed by atoms with Crippen molar-refractivity contribution in [2.24, 2.45) is 0 Å². The molecule has 0 radical (unpaired) electrons. The van der Waals surface area contributed by atoms with Gasteiger partial charge in [0.05, 0.1) is 6.20 Å². The number of nitrogens with zero attached hydrogens (tertiary/aromatic N) is 3. The summed E-state index contributed by atoms with van der Waals surface area (Å²) in [6.07, 6.45) is 5.07. The Bertz CT molecular complexity index is 936. The fourth-order valence-corrected chi connectivity index (χ4v) is 2.97. The third-order valence-corrected chi connectivity index (χ3v) is 4.17. The second-order valence-electron chi connectivity index (χ2n) is 5.51. The normalized spacial score (nSPS) is 23.5. The third kappa shape index (κ3) is 1.77. The fourth-order valence-electron chi connectivity index (χ4n) is 2.97. The van der Waals surface area contributed by atoms with Gasteiger partial charge in [-0.3, -0.25) is 5.01 Å². The van der Waals surface area contributed by atoms with Crippen molar-refractivity contribution in [2.75, 3.05) is 6.98 Å². The van der Waals surface area contributed by atoms with E-state index in [2.05, 4.69) is 18.9 Å². The van der Waals surface area contributed by atoms with E-state index < -0.39 is 6.98 Å². The van der Waals surface area contributed by atoms with Gasteiger partial charge in [0.2, 0.25) is 0 Å². The van der Waals surface area contributed by atoms with Gasteiger partial charge in [0.1, 0.15) is 11.7 Å². The zero-order chi connectivity index (χ0) is 17.1. The largest absolute Gasteiger partial charge is 0.455 e. The van der Waals surface area contributed by atoms with Crippen molar-refractivity contribution in [3.63, 3.8) is 0 Å². The Morgan fingerprint density at radius 2 is 2.14 bits per heavy atom. The fraction of sp³-hybridized carbons (Fsp3) is 0.250. The molecule has 21 heavy (non-hydrogen) atoms. The molecule has 5 heteroatoms. The molecule has 4 nitrogen and oxygen atoms in total. The van der Waals surface area contributed by atoms with Crippen LogP contribution in [0.5, 0.6) is 0 Å². The maximum Gasteiger partial charge on any atom is 0.304 e. The molecule has 3 heterocycles. The Hall–Kier alpha value is -2.30. The summed E-state index contributed by atoms with van der Waals surface area (Å²) >= 11 is 0. The number of hydrogen-bond acceptors (Lipinski definition) is 4. The molecule has 4 rings (SSSR count).